The Morgan fingerprint density at radius 1 is 1.21 bits per heavy atom. The molecule has 0 saturated heterocycles. The summed E-state index contributed by atoms with van der Waals surface area (Å²) >= 11 is 3.37. The average molecular weight is 318 g/mol. The standard InChI is InChI=1S/C15H12BrNO2/c16-10-5-6-14(18)11(8-10)12-7-9-3-1-2-4-13(9)17-15(12)19/h1-6,8,12,18H,7H2,(H,17,19). The molecule has 3 rings (SSSR count). The van der Waals surface area contributed by atoms with E-state index in [0.717, 1.165) is 15.7 Å². The predicted molar refractivity (Wildman–Crippen MR) is 77.3 cm³/mol. The lowest BCUT2D eigenvalue weighted by Gasteiger charge is -2.25. The van der Waals surface area contributed by atoms with Gasteiger partial charge in [-0.15, -0.1) is 0 Å². The molecule has 1 aliphatic heterocycles. The second-order valence-electron chi connectivity index (χ2n) is 4.61. The van der Waals surface area contributed by atoms with Crippen molar-refractivity contribution in [2.24, 2.45) is 0 Å². The molecule has 0 saturated carbocycles. The van der Waals surface area contributed by atoms with Gasteiger partial charge in [0, 0.05) is 15.7 Å². The van der Waals surface area contributed by atoms with Crippen molar-refractivity contribution in [1.29, 1.82) is 0 Å². The molecule has 0 bridgehead atoms. The molecule has 1 atom stereocenters. The number of anilines is 1. The van der Waals surface area contributed by atoms with Crippen molar-refractivity contribution in [2.45, 2.75) is 12.3 Å². The van der Waals surface area contributed by atoms with Crippen LogP contribution in [0.25, 0.3) is 0 Å². The number of aromatic hydroxyl groups is 1. The van der Waals surface area contributed by atoms with Crippen LogP contribution in [0.3, 0.4) is 0 Å². The number of para-hydroxylation sites is 1. The average Bonchev–Trinajstić information content (AvgIpc) is 2.41. The number of phenols is 1. The second-order valence-corrected chi connectivity index (χ2v) is 5.52. The van der Waals surface area contributed by atoms with Crippen LogP contribution in [0.2, 0.25) is 0 Å². The van der Waals surface area contributed by atoms with Crippen molar-refractivity contribution in [1.82, 2.24) is 0 Å². The van der Waals surface area contributed by atoms with E-state index in [2.05, 4.69) is 21.2 Å². The lowest BCUT2D eigenvalue weighted by atomic mass is 9.87. The molecule has 1 unspecified atom stereocenters. The number of fused-ring (bicyclic) bond motifs is 1. The number of halogens is 1. The highest BCUT2D eigenvalue weighted by Crippen LogP contribution is 2.36. The van der Waals surface area contributed by atoms with Gasteiger partial charge in [0.05, 0.1) is 5.92 Å². The number of benzene rings is 2. The molecule has 96 valence electrons. The van der Waals surface area contributed by atoms with Gasteiger partial charge < -0.3 is 10.4 Å². The Morgan fingerprint density at radius 2 is 2.00 bits per heavy atom. The Kier molecular flexibility index (Phi) is 3.03. The largest absolute Gasteiger partial charge is 0.508 e. The first-order valence-electron chi connectivity index (χ1n) is 6.02. The van der Waals surface area contributed by atoms with E-state index in [1.54, 1.807) is 18.2 Å². The molecule has 0 radical (unpaired) electrons. The molecule has 2 aromatic rings. The van der Waals surface area contributed by atoms with Gasteiger partial charge in [-0.3, -0.25) is 4.79 Å². The first-order chi connectivity index (χ1) is 9.15. The molecule has 0 aliphatic carbocycles. The fourth-order valence-corrected chi connectivity index (χ4v) is 2.79. The van der Waals surface area contributed by atoms with E-state index in [-0.39, 0.29) is 17.6 Å². The van der Waals surface area contributed by atoms with Crippen LogP contribution in [0.5, 0.6) is 5.75 Å². The number of phenolic OH excluding ortho intramolecular Hbond substituents is 1. The number of carbonyl (C=O) groups excluding carboxylic acids is 1. The Hall–Kier alpha value is -1.81. The normalized spacial score (nSPS) is 17.7. The van der Waals surface area contributed by atoms with Gasteiger partial charge in [0.25, 0.3) is 0 Å². The molecule has 0 spiro atoms. The number of hydrogen-bond acceptors (Lipinski definition) is 2. The van der Waals surface area contributed by atoms with Crippen LogP contribution in [0, 0.1) is 0 Å². The molecule has 4 heteroatoms. The highest BCUT2D eigenvalue weighted by Gasteiger charge is 2.29. The number of carbonyl (C=O) groups is 1. The van der Waals surface area contributed by atoms with Crippen molar-refractivity contribution in [2.75, 3.05) is 5.32 Å². The van der Waals surface area contributed by atoms with Gasteiger partial charge in [-0.25, -0.2) is 0 Å². The van der Waals surface area contributed by atoms with Crippen LogP contribution in [0.15, 0.2) is 46.9 Å². The zero-order chi connectivity index (χ0) is 13.4. The monoisotopic (exact) mass is 317 g/mol. The van der Waals surface area contributed by atoms with Crippen molar-refractivity contribution >= 4 is 27.5 Å². The minimum absolute atomic E-state index is 0.0768. The quantitative estimate of drug-likeness (QED) is 0.846. The Morgan fingerprint density at radius 3 is 2.84 bits per heavy atom. The summed E-state index contributed by atoms with van der Waals surface area (Å²) in [5.41, 5.74) is 2.60. The first kappa shape index (κ1) is 12.2. The molecular formula is C15H12BrNO2. The van der Waals surface area contributed by atoms with E-state index >= 15 is 0 Å². The summed E-state index contributed by atoms with van der Waals surface area (Å²) in [6.45, 7) is 0. The predicted octanol–water partition coefficient (Wildman–Crippen LogP) is 3.43. The van der Waals surface area contributed by atoms with Gasteiger partial charge in [0.2, 0.25) is 5.91 Å². The lowest BCUT2D eigenvalue weighted by molar-refractivity contribution is -0.117. The summed E-state index contributed by atoms with van der Waals surface area (Å²) in [4.78, 5) is 12.2. The zero-order valence-corrected chi connectivity index (χ0v) is 11.6. The maximum absolute atomic E-state index is 12.2. The molecule has 1 heterocycles. The third kappa shape index (κ3) is 2.24. The van der Waals surface area contributed by atoms with Gasteiger partial charge in [0.1, 0.15) is 5.75 Å². The molecule has 2 aromatic carbocycles. The minimum atomic E-state index is -0.354. The minimum Gasteiger partial charge on any atom is -0.508 e. The highest BCUT2D eigenvalue weighted by atomic mass is 79.9. The number of rotatable bonds is 1. The number of hydrogen-bond donors (Lipinski definition) is 2. The SMILES string of the molecule is O=C1Nc2ccccc2CC1c1cc(Br)ccc1O. The van der Waals surface area contributed by atoms with Crippen molar-refractivity contribution in [3.8, 4) is 5.75 Å². The molecule has 2 N–H and O–H groups in total. The van der Waals surface area contributed by atoms with E-state index in [1.807, 2.05) is 24.3 Å². The maximum Gasteiger partial charge on any atom is 0.232 e. The summed E-state index contributed by atoms with van der Waals surface area (Å²) in [6, 6.07) is 12.9. The van der Waals surface area contributed by atoms with E-state index in [4.69, 9.17) is 0 Å². The van der Waals surface area contributed by atoms with Crippen LogP contribution in [-0.2, 0) is 11.2 Å². The van der Waals surface area contributed by atoms with Gasteiger partial charge in [-0.2, -0.15) is 0 Å². The number of nitrogens with one attached hydrogen (secondary N) is 1. The molecule has 1 aliphatic rings. The van der Waals surface area contributed by atoms with Crippen LogP contribution in [0.4, 0.5) is 5.69 Å². The van der Waals surface area contributed by atoms with E-state index in [9.17, 15) is 9.90 Å². The third-order valence-electron chi connectivity index (χ3n) is 3.38. The fourth-order valence-electron chi connectivity index (χ4n) is 2.41. The molecule has 1 amide bonds. The topological polar surface area (TPSA) is 49.3 Å². The Labute approximate surface area is 119 Å². The van der Waals surface area contributed by atoms with Gasteiger partial charge in [0.15, 0.2) is 0 Å². The molecule has 19 heavy (non-hydrogen) atoms. The highest BCUT2D eigenvalue weighted by molar-refractivity contribution is 9.10. The number of amides is 1. The van der Waals surface area contributed by atoms with E-state index in [0.29, 0.717) is 12.0 Å². The zero-order valence-electron chi connectivity index (χ0n) is 10.1. The van der Waals surface area contributed by atoms with Crippen LogP contribution < -0.4 is 5.32 Å². The Bertz CT molecular complexity index is 654. The fraction of sp³-hybridized carbons (Fsp3) is 0.133. The third-order valence-corrected chi connectivity index (χ3v) is 3.87. The summed E-state index contributed by atoms with van der Waals surface area (Å²) in [5.74, 6) is -0.276. The van der Waals surface area contributed by atoms with Crippen molar-refractivity contribution < 1.29 is 9.90 Å². The van der Waals surface area contributed by atoms with E-state index < -0.39 is 0 Å². The molecule has 0 fully saturated rings. The van der Waals surface area contributed by atoms with E-state index in [1.165, 1.54) is 0 Å². The first-order valence-corrected chi connectivity index (χ1v) is 6.81. The van der Waals surface area contributed by atoms with Crippen molar-refractivity contribution in [3.63, 3.8) is 0 Å². The summed E-state index contributed by atoms with van der Waals surface area (Å²) in [7, 11) is 0. The van der Waals surface area contributed by atoms with Gasteiger partial charge in [-0.1, -0.05) is 34.1 Å². The summed E-state index contributed by atoms with van der Waals surface area (Å²) < 4.78 is 0.854. The summed E-state index contributed by atoms with van der Waals surface area (Å²) in [5, 5.41) is 12.8. The van der Waals surface area contributed by atoms with Crippen LogP contribution >= 0.6 is 15.9 Å². The van der Waals surface area contributed by atoms with Crippen LogP contribution in [-0.4, -0.2) is 11.0 Å². The van der Waals surface area contributed by atoms with Gasteiger partial charge >= 0.3 is 0 Å². The molecule has 3 nitrogen and oxygen atoms in total. The Balaban J connectivity index is 2.03. The van der Waals surface area contributed by atoms with Crippen LogP contribution in [0.1, 0.15) is 17.0 Å². The smallest absolute Gasteiger partial charge is 0.232 e. The lowest BCUT2D eigenvalue weighted by Crippen LogP contribution is -2.28. The maximum atomic E-state index is 12.2. The van der Waals surface area contributed by atoms with Gasteiger partial charge in [-0.05, 0) is 36.2 Å². The summed E-state index contributed by atoms with van der Waals surface area (Å²) in [6.07, 6.45) is 0.603. The second kappa shape index (κ2) is 4.70. The van der Waals surface area contributed by atoms with Crippen molar-refractivity contribution in [3.05, 3.63) is 58.1 Å². The molecular weight excluding hydrogens is 306 g/mol. The molecule has 0 aromatic heterocycles.